The van der Waals surface area contributed by atoms with Crippen molar-refractivity contribution in [2.75, 3.05) is 70.5 Å². The fraction of sp³-hybridized carbons (Fsp3) is 0.379. The van der Waals surface area contributed by atoms with Gasteiger partial charge in [-0.15, -0.1) is 0 Å². The van der Waals surface area contributed by atoms with Gasteiger partial charge < -0.3 is 38.8 Å². The lowest BCUT2D eigenvalue weighted by molar-refractivity contribution is 0.0455. The van der Waals surface area contributed by atoms with Crippen LogP contribution in [0.2, 0.25) is 0 Å². The third-order valence-corrected chi connectivity index (χ3v) is 7.31. The first-order valence-corrected chi connectivity index (χ1v) is 13.8. The van der Waals surface area contributed by atoms with Gasteiger partial charge in [0.1, 0.15) is 5.82 Å². The number of benzene rings is 2. The number of morpholine rings is 1. The van der Waals surface area contributed by atoms with E-state index in [-0.39, 0.29) is 18.6 Å². The monoisotopic (exact) mass is 576 g/mol. The number of aromatic nitrogens is 4. The van der Waals surface area contributed by atoms with Crippen molar-refractivity contribution in [3.63, 3.8) is 0 Å². The van der Waals surface area contributed by atoms with Crippen LogP contribution in [0.25, 0.3) is 11.2 Å². The Labute approximate surface area is 242 Å². The van der Waals surface area contributed by atoms with E-state index < -0.39 is 0 Å². The van der Waals surface area contributed by atoms with Crippen molar-refractivity contribution >= 4 is 29.0 Å². The lowest BCUT2D eigenvalue weighted by Gasteiger charge is -2.31. The number of ether oxygens (including phenoxy) is 3. The smallest absolute Gasteiger partial charge is 0.319 e. The molecule has 1 fully saturated rings. The number of imidazole rings is 1. The van der Waals surface area contributed by atoms with Crippen molar-refractivity contribution in [1.29, 1.82) is 0 Å². The number of hydrogen-bond donors (Lipinski definition) is 1. The number of carbonyl (C=O) groups is 1. The number of rotatable bonds is 9. The maximum absolute atomic E-state index is 13.9. The minimum Gasteiger partial charge on any atom is -0.454 e. The fourth-order valence-electron chi connectivity index (χ4n) is 4.90. The van der Waals surface area contributed by atoms with Gasteiger partial charge in [0.25, 0.3) is 0 Å². The van der Waals surface area contributed by atoms with E-state index in [1.807, 2.05) is 40.8 Å². The van der Waals surface area contributed by atoms with E-state index >= 15 is 0 Å². The van der Waals surface area contributed by atoms with Crippen LogP contribution < -0.4 is 19.7 Å². The number of fused-ring (bicyclic) bond motifs is 2. The third-order valence-electron chi connectivity index (χ3n) is 7.31. The molecule has 2 aromatic heterocycles. The first-order valence-electron chi connectivity index (χ1n) is 13.8. The normalized spacial score (nSPS) is 14.3. The zero-order valence-corrected chi connectivity index (χ0v) is 23.6. The van der Waals surface area contributed by atoms with E-state index in [0.29, 0.717) is 81.2 Å². The number of urea groups is 1. The summed E-state index contributed by atoms with van der Waals surface area (Å²) in [5, 5.41) is 3.41. The quantitative estimate of drug-likeness (QED) is 0.321. The predicted molar refractivity (Wildman–Crippen MR) is 154 cm³/mol. The fourth-order valence-corrected chi connectivity index (χ4v) is 4.90. The van der Waals surface area contributed by atoms with Crippen molar-refractivity contribution in [3.05, 3.63) is 65.7 Å². The van der Waals surface area contributed by atoms with Crippen LogP contribution in [0.1, 0.15) is 11.1 Å². The minimum atomic E-state index is -0.297. The van der Waals surface area contributed by atoms with Crippen LogP contribution in [0.4, 0.5) is 21.0 Å². The Morgan fingerprint density at radius 3 is 2.69 bits per heavy atom. The third kappa shape index (κ3) is 6.00. The molecule has 0 aliphatic carbocycles. The van der Waals surface area contributed by atoms with Crippen molar-refractivity contribution < 1.29 is 23.4 Å². The highest BCUT2D eigenvalue weighted by Gasteiger charge is 2.22. The highest BCUT2D eigenvalue weighted by atomic mass is 19.1. The summed E-state index contributed by atoms with van der Waals surface area (Å²) in [6.07, 6.45) is 1.69. The van der Waals surface area contributed by atoms with Crippen molar-refractivity contribution in [2.45, 2.75) is 13.1 Å². The van der Waals surface area contributed by atoms with Crippen LogP contribution in [0.15, 0.2) is 48.8 Å². The number of halogens is 1. The van der Waals surface area contributed by atoms with Gasteiger partial charge in [-0.2, -0.15) is 9.97 Å². The zero-order valence-electron chi connectivity index (χ0n) is 23.6. The molecule has 2 aromatic carbocycles. The van der Waals surface area contributed by atoms with Crippen molar-refractivity contribution in [1.82, 2.24) is 29.3 Å². The maximum Gasteiger partial charge on any atom is 0.319 e. The van der Waals surface area contributed by atoms with E-state index in [1.165, 1.54) is 12.1 Å². The number of hydrogen-bond acceptors (Lipinski definition) is 9. The average molecular weight is 577 g/mol. The molecular weight excluding hydrogens is 543 g/mol. The summed E-state index contributed by atoms with van der Waals surface area (Å²) in [6, 6.07) is 12.2. The summed E-state index contributed by atoms with van der Waals surface area (Å²) in [4.78, 5) is 32.5. The summed E-state index contributed by atoms with van der Waals surface area (Å²) in [5.74, 6) is 2.17. The van der Waals surface area contributed by atoms with Gasteiger partial charge in [0.2, 0.25) is 12.7 Å². The minimum absolute atomic E-state index is 0.0256. The second-order valence-electron chi connectivity index (χ2n) is 10.3. The first kappa shape index (κ1) is 27.5. The molecular formula is C29H33FN8O4. The van der Waals surface area contributed by atoms with E-state index in [1.54, 1.807) is 29.2 Å². The summed E-state index contributed by atoms with van der Waals surface area (Å²) < 4.78 is 32.1. The zero-order chi connectivity index (χ0) is 29.1. The molecule has 42 heavy (non-hydrogen) atoms. The molecule has 2 aliphatic rings. The molecule has 4 aromatic rings. The SMILES string of the molecule is CN(CCN(C)c1nc(NCc2ccc3c(c2)OCO3)c2ncn(Cc3cccc(F)c3)c2n1)C(=O)N1CCOCC1. The number of carbonyl (C=O) groups excluding carboxylic acids is 1. The Morgan fingerprint density at radius 2 is 1.86 bits per heavy atom. The topological polar surface area (TPSA) is 110 Å². The first-order chi connectivity index (χ1) is 20.4. The second kappa shape index (κ2) is 12.1. The van der Waals surface area contributed by atoms with Crippen LogP contribution >= 0.6 is 0 Å². The van der Waals surface area contributed by atoms with Crippen LogP contribution in [-0.2, 0) is 17.8 Å². The molecule has 0 radical (unpaired) electrons. The number of nitrogens with zero attached hydrogens (tertiary/aromatic N) is 7. The van der Waals surface area contributed by atoms with Crippen LogP contribution in [0.3, 0.4) is 0 Å². The lowest BCUT2D eigenvalue weighted by atomic mass is 10.2. The van der Waals surface area contributed by atoms with Crippen LogP contribution in [0, 0.1) is 5.82 Å². The van der Waals surface area contributed by atoms with Gasteiger partial charge in [-0.05, 0) is 35.4 Å². The van der Waals surface area contributed by atoms with Crippen molar-refractivity contribution in [3.8, 4) is 11.5 Å². The summed E-state index contributed by atoms with van der Waals surface area (Å²) in [5.41, 5.74) is 3.00. The summed E-state index contributed by atoms with van der Waals surface area (Å²) in [7, 11) is 3.69. The number of anilines is 2. The average Bonchev–Trinajstić information content (AvgIpc) is 3.65. The van der Waals surface area contributed by atoms with Gasteiger partial charge in [-0.1, -0.05) is 18.2 Å². The van der Waals surface area contributed by atoms with E-state index in [2.05, 4.69) is 10.3 Å². The predicted octanol–water partition coefficient (Wildman–Crippen LogP) is 3.17. The van der Waals surface area contributed by atoms with Crippen molar-refractivity contribution in [2.24, 2.45) is 0 Å². The number of amides is 2. The highest BCUT2D eigenvalue weighted by Crippen LogP contribution is 2.33. The van der Waals surface area contributed by atoms with Crippen LogP contribution in [0.5, 0.6) is 11.5 Å². The Hall–Kier alpha value is -4.65. The molecule has 2 amide bonds. The Morgan fingerprint density at radius 1 is 1.02 bits per heavy atom. The molecule has 6 rings (SSSR count). The van der Waals surface area contributed by atoms with Crippen LogP contribution in [-0.4, -0.2) is 95.6 Å². The maximum atomic E-state index is 13.9. The van der Waals surface area contributed by atoms with Gasteiger partial charge in [0.15, 0.2) is 28.5 Å². The van der Waals surface area contributed by atoms with Gasteiger partial charge in [0.05, 0.1) is 26.1 Å². The molecule has 4 heterocycles. The summed E-state index contributed by atoms with van der Waals surface area (Å²) in [6.45, 7) is 4.36. The molecule has 0 spiro atoms. The molecule has 12 nitrogen and oxygen atoms in total. The van der Waals surface area contributed by atoms with E-state index in [9.17, 15) is 9.18 Å². The van der Waals surface area contributed by atoms with Gasteiger partial charge in [-0.3, -0.25) is 0 Å². The van der Waals surface area contributed by atoms with Gasteiger partial charge >= 0.3 is 6.03 Å². The Balaban J connectivity index is 1.24. The van der Waals surface area contributed by atoms with E-state index in [0.717, 1.165) is 16.9 Å². The largest absolute Gasteiger partial charge is 0.454 e. The molecule has 0 bridgehead atoms. The standard InChI is InChI=1S/C29H33FN8O4/c1-35(8-9-36(2)29(39)37-10-12-40-13-11-37)28-33-26(31-16-20-6-7-23-24(15-20)42-19-41-23)25-27(34-28)38(18-32-25)17-21-4-3-5-22(30)14-21/h3-7,14-15,18H,8-13,16-17,19H2,1-2H3,(H,31,33,34). The van der Waals surface area contributed by atoms with Gasteiger partial charge in [0, 0.05) is 46.8 Å². The number of nitrogens with one attached hydrogen (secondary N) is 1. The highest BCUT2D eigenvalue weighted by molar-refractivity contribution is 5.84. The molecule has 1 N–H and O–H groups in total. The molecule has 0 unspecified atom stereocenters. The molecule has 1 saturated heterocycles. The molecule has 0 atom stereocenters. The molecule has 2 aliphatic heterocycles. The molecule has 13 heteroatoms. The number of likely N-dealkylation sites (N-methyl/N-ethyl adjacent to an activating group) is 2. The van der Waals surface area contributed by atoms with Gasteiger partial charge in [-0.25, -0.2) is 14.2 Å². The molecule has 220 valence electrons. The van der Waals surface area contributed by atoms with E-state index in [4.69, 9.17) is 24.2 Å². The molecule has 0 saturated carbocycles. The Bertz CT molecular complexity index is 1570. The second-order valence-corrected chi connectivity index (χ2v) is 10.3. The summed E-state index contributed by atoms with van der Waals surface area (Å²) >= 11 is 0. The lowest BCUT2D eigenvalue weighted by Crippen LogP contribution is -2.48. The Kier molecular flexibility index (Phi) is 7.91.